The second-order valence-corrected chi connectivity index (χ2v) is 5.03. The first kappa shape index (κ1) is 13.6. The third-order valence-electron chi connectivity index (χ3n) is 3.15. The van der Waals surface area contributed by atoms with E-state index in [9.17, 15) is 4.79 Å². The van der Waals surface area contributed by atoms with Gasteiger partial charge in [-0.3, -0.25) is 4.79 Å². The minimum atomic E-state index is 0.0268. The molecule has 2 heterocycles. The van der Waals surface area contributed by atoms with Crippen LogP contribution >= 0.6 is 0 Å². The maximum atomic E-state index is 11.6. The second kappa shape index (κ2) is 5.86. The van der Waals surface area contributed by atoms with E-state index in [1.165, 1.54) is 12.8 Å². The van der Waals surface area contributed by atoms with Gasteiger partial charge in [-0.1, -0.05) is 0 Å². The molecule has 1 N–H and O–H groups in total. The fraction of sp³-hybridized carbons (Fsp3) is 0.615. The van der Waals surface area contributed by atoms with E-state index in [0.717, 1.165) is 24.7 Å². The summed E-state index contributed by atoms with van der Waals surface area (Å²) in [6, 6.07) is 1.86. The molecular formula is C13H21N5O. The first-order chi connectivity index (χ1) is 9.06. The largest absolute Gasteiger partial charge is 0.361 e. The fourth-order valence-electron chi connectivity index (χ4n) is 2.03. The van der Waals surface area contributed by atoms with E-state index in [-0.39, 0.29) is 12.5 Å². The molecule has 104 valence electrons. The lowest BCUT2D eigenvalue weighted by atomic mass is 10.4. The molecule has 1 aliphatic heterocycles. The van der Waals surface area contributed by atoms with E-state index in [1.54, 1.807) is 19.0 Å². The Bertz CT molecular complexity index is 454. The van der Waals surface area contributed by atoms with Crippen LogP contribution < -0.4 is 10.2 Å². The minimum Gasteiger partial charge on any atom is -0.361 e. The molecule has 0 atom stereocenters. The van der Waals surface area contributed by atoms with Gasteiger partial charge in [-0.15, -0.1) is 0 Å². The zero-order chi connectivity index (χ0) is 13.8. The highest BCUT2D eigenvalue weighted by molar-refractivity contribution is 5.80. The zero-order valence-electron chi connectivity index (χ0n) is 11.8. The molecule has 1 saturated heterocycles. The second-order valence-electron chi connectivity index (χ2n) is 5.03. The van der Waals surface area contributed by atoms with E-state index in [0.29, 0.717) is 5.82 Å². The van der Waals surface area contributed by atoms with Crippen molar-refractivity contribution in [3.63, 3.8) is 0 Å². The van der Waals surface area contributed by atoms with Crippen molar-refractivity contribution in [2.75, 3.05) is 43.9 Å². The monoisotopic (exact) mass is 263 g/mol. The summed E-state index contributed by atoms with van der Waals surface area (Å²) in [6.45, 7) is 4.22. The molecular weight excluding hydrogens is 242 g/mol. The molecule has 1 aliphatic rings. The van der Waals surface area contributed by atoms with Gasteiger partial charge in [0.1, 0.15) is 5.82 Å². The van der Waals surface area contributed by atoms with Crippen LogP contribution in [0.15, 0.2) is 6.07 Å². The van der Waals surface area contributed by atoms with Crippen molar-refractivity contribution in [1.29, 1.82) is 0 Å². The van der Waals surface area contributed by atoms with Crippen molar-refractivity contribution in [2.45, 2.75) is 19.8 Å². The summed E-state index contributed by atoms with van der Waals surface area (Å²) in [5.74, 6) is 1.50. The molecule has 0 bridgehead atoms. The summed E-state index contributed by atoms with van der Waals surface area (Å²) < 4.78 is 0. The Labute approximate surface area is 113 Å². The Morgan fingerprint density at radius 2 is 2.05 bits per heavy atom. The van der Waals surface area contributed by atoms with Gasteiger partial charge in [0.15, 0.2) is 0 Å². The molecule has 1 aromatic rings. The van der Waals surface area contributed by atoms with Crippen LogP contribution in [0.5, 0.6) is 0 Å². The standard InChI is InChI=1S/C13H21N5O/c1-10-8-11(14-9-12(19)17(2)3)16-13(15-10)18-6-4-5-7-18/h8H,4-7,9H2,1-3H3,(H,14,15,16). The highest BCUT2D eigenvalue weighted by atomic mass is 16.2. The van der Waals surface area contributed by atoms with Gasteiger partial charge in [0.05, 0.1) is 6.54 Å². The van der Waals surface area contributed by atoms with Crippen molar-refractivity contribution >= 4 is 17.7 Å². The van der Waals surface area contributed by atoms with Crippen molar-refractivity contribution < 1.29 is 4.79 Å². The number of nitrogens with zero attached hydrogens (tertiary/aromatic N) is 4. The number of anilines is 2. The number of hydrogen-bond acceptors (Lipinski definition) is 5. The Hall–Kier alpha value is -1.85. The summed E-state index contributed by atoms with van der Waals surface area (Å²) in [4.78, 5) is 24.2. The van der Waals surface area contributed by atoms with Gasteiger partial charge in [0, 0.05) is 38.9 Å². The van der Waals surface area contributed by atoms with Crippen molar-refractivity contribution in [2.24, 2.45) is 0 Å². The van der Waals surface area contributed by atoms with Crippen LogP contribution in [0.25, 0.3) is 0 Å². The summed E-state index contributed by atoms with van der Waals surface area (Å²) in [6.07, 6.45) is 2.39. The molecule has 19 heavy (non-hydrogen) atoms. The van der Waals surface area contributed by atoms with E-state index >= 15 is 0 Å². The predicted octanol–water partition coefficient (Wildman–Crippen LogP) is 0.885. The van der Waals surface area contributed by atoms with E-state index in [4.69, 9.17) is 0 Å². The number of hydrogen-bond donors (Lipinski definition) is 1. The first-order valence-electron chi connectivity index (χ1n) is 6.61. The molecule has 0 aromatic carbocycles. The number of aryl methyl sites for hydroxylation is 1. The third-order valence-corrected chi connectivity index (χ3v) is 3.15. The summed E-state index contributed by atoms with van der Waals surface area (Å²) >= 11 is 0. The lowest BCUT2D eigenvalue weighted by Gasteiger charge is -2.17. The highest BCUT2D eigenvalue weighted by Crippen LogP contribution is 2.18. The third kappa shape index (κ3) is 3.56. The summed E-state index contributed by atoms with van der Waals surface area (Å²) in [5.41, 5.74) is 0.914. The van der Waals surface area contributed by atoms with Crippen LogP contribution in [0.4, 0.5) is 11.8 Å². The number of amides is 1. The molecule has 1 amide bonds. The number of carbonyl (C=O) groups is 1. The van der Waals surface area contributed by atoms with Gasteiger partial charge in [0.25, 0.3) is 0 Å². The molecule has 2 rings (SSSR count). The van der Waals surface area contributed by atoms with Gasteiger partial charge < -0.3 is 15.1 Å². The van der Waals surface area contributed by atoms with Gasteiger partial charge in [-0.2, -0.15) is 4.98 Å². The Balaban J connectivity index is 2.06. The van der Waals surface area contributed by atoms with Crippen LogP contribution in [0.2, 0.25) is 0 Å². The van der Waals surface area contributed by atoms with E-state index in [1.807, 2.05) is 13.0 Å². The Kier molecular flexibility index (Phi) is 4.19. The van der Waals surface area contributed by atoms with Crippen molar-refractivity contribution in [3.8, 4) is 0 Å². The van der Waals surface area contributed by atoms with Gasteiger partial charge in [0.2, 0.25) is 11.9 Å². The van der Waals surface area contributed by atoms with Crippen LogP contribution in [-0.2, 0) is 4.79 Å². The number of nitrogens with one attached hydrogen (secondary N) is 1. The lowest BCUT2D eigenvalue weighted by Crippen LogP contribution is -2.29. The molecule has 6 heteroatoms. The smallest absolute Gasteiger partial charge is 0.241 e. The van der Waals surface area contributed by atoms with Crippen molar-refractivity contribution in [3.05, 3.63) is 11.8 Å². The number of rotatable bonds is 4. The Morgan fingerprint density at radius 3 is 2.68 bits per heavy atom. The SMILES string of the molecule is Cc1cc(NCC(=O)N(C)C)nc(N2CCCC2)n1. The molecule has 0 saturated carbocycles. The van der Waals surface area contributed by atoms with Gasteiger partial charge in [-0.25, -0.2) is 4.98 Å². The average molecular weight is 263 g/mol. The summed E-state index contributed by atoms with van der Waals surface area (Å²) in [5, 5.41) is 3.06. The van der Waals surface area contributed by atoms with Gasteiger partial charge in [-0.05, 0) is 19.8 Å². The molecule has 1 fully saturated rings. The van der Waals surface area contributed by atoms with E-state index in [2.05, 4.69) is 20.2 Å². The fourth-order valence-corrected chi connectivity index (χ4v) is 2.03. The van der Waals surface area contributed by atoms with Gasteiger partial charge >= 0.3 is 0 Å². The number of likely N-dealkylation sites (N-methyl/N-ethyl adjacent to an activating group) is 1. The number of carbonyl (C=O) groups excluding carboxylic acids is 1. The maximum Gasteiger partial charge on any atom is 0.241 e. The first-order valence-corrected chi connectivity index (χ1v) is 6.61. The lowest BCUT2D eigenvalue weighted by molar-refractivity contribution is -0.126. The van der Waals surface area contributed by atoms with Crippen molar-refractivity contribution in [1.82, 2.24) is 14.9 Å². The predicted molar refractivity (Wildman–Crippen MR) is 75.4 cm³/mol. The molecule has 0 unspecified atom stereocenters. The zero-order valence-corrected chi connectivity index (χ0v) is 11.8. The number of aromatic nitrogens is 2. The molecule has 0 radical (unpaired) electrons. The topological polar surface area (TPSA) is 61.4 Å². The van der Waals surface area contributed by atoms with Crippen LogP contribution in [-0.4, -0.2) is 54.5 Å². The molecule has 1 aromatic heterocycles. The molecule has 0 spiro atoms. The van der Waals surface area contributed by atoms with E-state index < -0.39 is 0 Å². The van der Waals surface area contributed by atoms with Crippen LogP contribution in [0.3, 0.4) is 0 Å². The quantitative estimate of drug-likeness (QED) is 0.874. The Morgan fingerprint density at radius 1 is 1.37 bits per heavy atom. The highest BCUT2D eigenvalue weighted by Gasteiger charge is 2.16. The maximum absolute atomic E-state index is 11.6. The average Bonchev–Trinajstić information content (AvgIpc) is 2.89. The minimum absolute atomic E-state index is 0.0268. The normalized spacial score (nSPS) is 14.6. The molecule has 0 aliphatic carbocycles. The molecule has 6 nitrogen and oxygen atoms in total. The van der Waals surface area contributed by atoms with Crippen LogP contribution in [0, 0.1) is 6.92 Å². The summed E-state index contributed by atoms with van der Waals surface area (Å²) in [7, 11) is 3.48. The van der Waals surface area contributed by atoms with Crippen LogP contribution in [0.1, 0.15) is 18.5 Å².